The Bertz CT molecular complexity index is 827. The topological polar surface area (TPSA) is 23.4 Å². The Balaban J connectivity index is 2.07. The number of methoxy groups -OCH3 is 2. The molecule has 0 aliphatic heterocycles. The first kappa shape index (κ1) is 15.1. The summed E-state index contributed by atoms with van der Waals surface area (Å²) in [6.07, 6.45) is 2.01. The van der Waals surface area contributed by atoms with Gasteiger partial charge < -0.3 is 14.0 Å². The largest absolute Gasteiger partial charge is 0.497 e. The number of hydrogen-bond acceptors (Lipinski definition) is 2. The number of ether oxygens (including phenoxy) is 2. The van der Waals surface area contributed by atoms with Crippen LogP contribution in [0.15, 0.2) is 42.6 Å². The third-order valence-electron chi connectivity index (χ3n) is 3.64. The Morgan fingerprint density at radius 3 is 2.50 bits per heavy atom. The summed E-state index contributed by atoms with van der Waals surface area (Å²) >= 11 is 12.2. The summed E-state index contributed by atoms with van der Waals surface area (Å²) in [4.78, 5) is 0. The van der Waals surface area contributed by atoms with E-state index >= 15 is 0 Å². The van der Waals surface area contributed by atoms with Crippen molar-refractivity contribution in [3.63, 3.8) is 0 Å². The molecule has 0 radical (unpaired) electrons. The van der Waals surface area contributed by atoms with Crippen LogP contribution in [0.5, 0.6) is 11.5 Å². The third kappa shape index (κ3) is 2.74. The van der Waals surface area contributed by atoms with Crippen LogP contribution in [0.3, 0.4) is 0 Å². The van der Waals surface area contributed by atoms with Crippen molar-refractivity contribution in [2.24, 2.45) is 0 Å². The second-order valence-electron chi connectivity index (χ2n) is 4.94. The lowest BCUT2D eigenvalue weighted by Gasteiger charge is -2.10. The van der Waals surface area contributed by atoms with Gasteiger partial charge in [0, 0.05) is 40.3 Å². The minimum absolute atomic E-state index is 0.634. The van der Waals surface area contributed by atoms with Gasteiger partial charge in [-0.2, -0.15) is 0 Å². The molecule has 0 bridgehead atoms. The molecule has 0 spiro atoms. The molecule has 114 valence electrons. The average molecular weight is 336 g/mol. The second-order valence-corrected chi connectivity index (χ2v) is 5.79. The number of rotatable bonds is 4. The van der Waals surface area contributed by atoms with Crippen LogP contribution in [0.2, 0.25) is 10.0 Å². The van der Waals surface area contributed by atoms with Gasteiger partial charge in [-0.1, -0.05) is 29.3 Å². The summed E-state index contributed by atoms with van der Waals surface area (Å²) in [5, 5.41) is 2.33. The highest BCUT2D eigenvalue weighted by Gasteiger charge is 2.11. The lowest BCUT2D eigenvalue weighted by Crippen LogP contribution is -1.99. The van der Waals surface area contributed by atoms with Crippen molar-refractivity contribution in [3.8, 4) is 11.5 Å². The predicted octanol–water partition coefficient (Wildman–Crippen LogP) is 5.01. The normalized spacial score (nSPS) is 10.9. The molecule has 3 aromatic rings. The Kier molecular flexibility index (Phi) is 4.19. The molecule has 0 saturated carbocycles. The quantitative estimate of drug-likeness (QED) is 0.668. The molecule has 0 N–H and O–H groups in total. The van der Waals surface area contributed by atoms with Crippen molar-refractivity contribution in [2.75, 3.05) is 14.2 Å². The maximum Gasteiger partial charge on any atom is 0.131 e. The summed E-state index contributed by atoms with van der Waals surface area (Å²) in [7, 11) is 3.30. The highest BCUT2D eigenvalue weighted by atomic mass is 35.5. The molecular formula is C17H15Cl2NO2. The fraction of sp³-hybridized carbons (Fsp3) is 0.176. The molecule has 0 saturated heterocycles. The second kappa shape index (κ2) is 6.11. The first-order chi connectivity index (χ1) is 10.6. The van der Waals surface area contributed by atoms with E-state index in [2.05, 4.69) is 4.57 Å². The lowest BCUT2D eigenvalue weighted by atomic mass is 10.2. The van der Waals surface area contributed by atoms with E-state index in [1.165, 1.54) is 0 Å². The fourth-order valence-corrected chi connectivity index (χ4v) is 2.96. The first-order valence-corrected chi connectivity index (χ1v) is 7.52. The fourth-order valence-electron chi connectivity index (χ4n) is 2.50. The van der Waals surface area contributed by atoms with E-state index in [0.29, 0.717) is 16.6 Å². The molecule has 0 aliphatic carbocycles. The summed E-state index contributed by atoms with van der Waals surface area (Å²) in [5.74, 6) is 1.54. The molecule has 0 fully saturated rings. The minimum atomic E-state index is 0.634. The van der Waals surface area contributed by atoms with Gasteiger partial charge in [0.15, 0.2) is 0 Å². The highest BCUT2D eigenvalue weighted by Crippen LogP contribution is 2.33. The summed E-state index contributed by atoms with van der Waals surface area (Å²) in [6, 6.07) is 11.4. The van der Waals surface area contributed by atoms with Crippen molar-refractivity contribution in [2.45, 2.75) is 6.54 Å². The van der Waals surface area contributed by atoms with E-state index in [0.717, 1.165) is 28.0 Å². The van der Waals surface area contributed by atoms with E-state index in [1.807, 2.05) is 36.5 Å². The summed E-state index contributed by atoms with van der Waals surface area (Å²) in [5.41, 5.74) is 2.03. The molecule has 22 heavy (non-hydrogen) atoms. The van der Waals surface area contributed by atoms with E-state index in [4.69, 9.17) is 32.7 Å². The lowest BCUT2D eigenvalue weighted by molar-refractivity contribution is 0.398. The number of hydrogen-bond donors (Lipinski definition) is 0. The molecule has 1 heterocycles. The molecule has 1 aromatic heterocycles. The number of halogens is 2. The van der Waals surface area contributed by atoms with Crippen LogP contribution in [-0.4, -0.2) is 18.8 Å². The van der Waals surface area contributed by atoms with Gasteiger partial charge in [-0.25, -0.2) is 0 Å². The summed E-state index contributed by atoms with van der Waals surface area (Å²) < 4.78 is 12.9. The molecule has 5 heteroatoms. The van der Waals surface area contributed by atoms with Crippen LogP contribution >= 0.6 is 23.2 Å². The van der Waals surface area contributed by atoms with Gasteiger partial charge in [0.05, 0.1) is 19.7 Å². The Morgan fingerprint density at radius 1 is 1.00 bits per heavy atom. The van der Waals surface area contributed by atoms with Crippen molar-refractivity contribution < 1.29 is 9.47 Å². The highest BCUT2D eigenvalue weighted by molar-refractivity contribution is 6.35. The van der Waals surface area contributed by atoms with Crippen molar-refractivity contribution >= 4 is 34.1 Å². The van der Waals surface area contributed by atoms with E-state index < -0.39 is 0 Å². The molecule has 2 aromatic carbocycles. The van der Waals surface area contributed by atoms with Crippen LogP contribution < -0.4 is 9.47 Å². The molecule has 0 aliphatic rings. The SMILES string of the molecule is COc1cc(OC)c2ccn(Cc3ccc(Cl)cc3Cl)c2c1. The average Bonchev–Trinajstić information content (AvgIpc) is 2.92. The van der Waals surface area contributed by atoms with Crippen molar-refractivity contribution in [1.82, 2.24) is 4.57 Å². The number of nitrogens with zero attached hydrogens (tertiary/aromatic N) is 1. The zero-order valence-corrected chi connectivity index (χ0v) is 13.8. The molecular weight excluding hydrogens is 321 g/mol. The van der Waals surface area contributed by atoms with Gasteiger partial charge in [0.25, 0.3) is 0 Å². The van der Waals surface area contributed by atoms with Crippen LogP contribution in [0.25, 0.3) is 10.9 Å². The molecule has 0 unspecified atom stereocenters. The van der Waals surface area contributed by atoms with E-state index in [-0.39, 0.29) is 0 Å². The van der Waals surface area contributed by atoms with Crippen molar-refractivity contribution in [3.05, 3.63) is 58.2 Å². The van der Waals surface area contributed by atoms with Gasteiger partial charge in [0.2, 0.25) is 0 Å². The van der Waals surface area contributed by atoms with Crippen LogP contribution in [0.4, 0.5) is 0 Å². The van der Waals surface area contributed by atoms with Crippen LogP contribution in [-0.2, 0) is 6.54 Å². The maximum atomic E-state index is 6.27. The van der Waals surface area contributed by atoms with E-state index in [9.17, 15) is 0 Å². The number of fused-ring (bicyclic) bond motifs is 1. The molecule has 0 amide bonds. The Hall–Kier alpha value is -1.84. The third-order valence-corrected chi connectivity index (χ3v) is 4.22. The van der Waals surface area contributed by atoms with Crippen LogP contribution in [0, 0.1) is 0 Å². The van der Waals surface area contributed by atoms with Gasteiger partial charge in [0.1, 0.15) is 11.5 Å². The minimum Gasteiger partial charge on any atom is -0.497 e. The van der Waals surface area contributed by atoms with Gasteiger partial charge in [-0.3, -0.25) is 0 Å². The van der Waals surface area contributed by atoms with Crippen molar-refractivity contribution in [1.29, 1.82) is 0 Å². The first-order valence-electron chi connectivity index (χ1n) is 6.77. The van der Waals surface area contributed by atoms with E-state index in [1.54, 1.807) is 20.3 Å². The predicted molar refractivity (Wildman–Crippen MR) is 90.6 cm³/mol. The van der Waals surface area contributed by atoms with Gasteiger partial charge >= 0.3 is 0 Å². The monoisotopic (exact) mass is 335 g/mol. The summed E-state index contributed by atoms with van der Waals surface area (Å²) in [6.45, 7) is 0.649. The molecule has 3 rings (SSSR count). The Labute approximate surface area is 139 Å². The number of aromatic nitrogens is 1. The van der Waals surface area contributed by atoms with Gasteiger partial charge in [-0.15, -0.1) is 0 Å². The molecule has 3 nitrogen and oxygen atoms in total. The van der Waals surface area contributed by atoms with Crippen LogP contribution in [0.1, 0.15) is 5.56 Å². The zero-order chi connectivity index (χ0) is 15.7. The Morgan fingerprint density at radius 2 is 1.82 bits per heavy atom. The van der Waals surface area contributed by atoms with Gasteiger partial charge in [-0.05, 0) is 23.8 Å². The standard InChI is InChI=1S/C17H15Cl2NO2/c1-21-13-8-16-14(17(9-13)22-2)5-6-20(16)10-11-3-4-12(18)7-15(11)19/h3-9H,10H2,1-2H3. The molecule has 0 atom stereocenters. The maximum absolute atomic E-state index is 6.27. The smallest absolute Gasteiger partial charge is 0.131 e. The zero-order valence-electron chi connectivity index (χ0n) is 12.3. The number of benzene rings is 2.